The molecular weight excluding hydrogens is 226 g/mol. The number of amides is 1. The molecule has 1 aromatic heterocycles. The van der Waals surface area contributed by atoms with Gasteiger partial charge >= 0.3 is 6.09 Å². The Kier molecular flexibility index (Phi) is 4.32. The molecule has 2 N–H and O–H groups in total. The Balaban J connectivity index is 2.32. The zero-order valence-electron chi connectivity index (χ0n) is 9.69. The quantitative estimate of drug-likeness (QED) is 0.856. The summed E-state index contributed by atoms with van der Waals surface area (Å²) in [6.45, 7) is 5.54. The van der Waals surface area contributed by atoms with Gasteiger partial charge in [0.25, 0.3) is 0 Å². The number of hydrogen-bond donors (Lipinski definition) is 2. The highest BCUT2D eigenvalue weighted by atomic mass is 32.1. The molecule has 16 heavy (non-hydrogen) atoms. The summed E-state index contributed by atoms with van der Waals surface area (Å²) in [6, 6.07) is 1.83. The number of aliphatic hydroxyl groups excluding tert-OH is 1. The van der Waals surface area contributed by atoms with Crippen molar-refractivity contribution < 1.29 is 14.6 Å². The molecule has 1 unspecified atom stereocenters. The molecule has 5 heteroatoms. The number of ether oxygens (including phenoxy) is 1. The lowest BCUT2D eigenvalue weighted by Crippen LogP contribution is -2.34. The van der Waals surface area contributed by atoms with Gasteiger partial charge in [0.05, 0.1) is 12.6 Å². The first kappa shape index (κ1) is 13.0. The third-order valence-corrected chi connectivity index (χ3v) is 2.47. The van der Waals surface area contributed by atoms with E-state index in [0.717, 1.165) is 5.56 Å². The van der Waals surface area contributed by atoms with E-state index in [1.807, 2.05) is 16.8 Å². The highest BCUT2D eigenvalue weighted by molar-refractivity contribution is 7.07. The summed E-state index contributed by atoms with van der Waals surface area (Å²) in [6.07, 6.45) is -1.19. The van der Waals surface area contributed by atoms with Crippen LogP contribution in [0.25, 0.3) is 0 Å². The van der Waals surface area contributed by atoms with Crippen molar-refractivity contribution in [1.82, 2.24) is 5.32 Å². The summed E-state index contributed by atoms with van der Waals surface area (Å²) in [5.74, 6) is 0. The molecule has 1 rings (SSSR count). The smallest absolute Gasteiger partial charge is 0.407 e. The van der Waals surface area contributed by atoms with Gasteiger partial charge in [0.1, 0.15) is 5.60 Å². The average Bonchev–Trinajstić information content (AvgIpc) is 2.64. The van der Waals surface area contributed by atoms with E-state index < -0.39 is 17.8 Å². The summed E-state index contributed by atoms with van der Waals surface area (Å²) in [5, 5.41) is 15.9. The average molecular weight is 243 g/mol. The Morgan fingerprint density at radius 2 is 2.31 bits per heavy atom. The number of alkyl carbamates (subject to hydrolysis) is 1. The maximum atomic E-state index is 11.3. The second kappa shape index (κ2) is 5.32. The summed E-state index contributed by atoms with van der Waals surface area (Å²) >= 11 is 1.51. The van der Waals surface area contributed by atoms with Crippen LogP contribution < -0.4 is 5.32 Å². The van der Waals surface area contributed by atoms with E-state index in [4.69, 9.17) is 4.74 Å². The van der Waals surface area contributed by atoms with Crippen LogP contribution in [0, 0.1) is 0 Å². The largest absolute Gasteiger partial charge is 0.444 e. The Bertz CT molecular complexity index is 329. The fourth-order valence-electron chi connectivity index (χ4n) is 1.08. The predicted molar refractivity (Wildman–Crippen MR) is 63.5 cm³/mol. The standard InChI is InChI=1S/C11H17NO3S/c1-11(2,3)15-10(14)12-6-9(13)8-4-5-16-7-8/h4-5,7,9,13H,6H2,1-3H3,(H,12,14). The second-order valence-electron chi connectivity index (χ2n) is 4.46. The van der Waals surface area contributed by atoms with Crippen molar-refractivity contribution in [3.8, 4) is 0 Å². The maximum absolute atomic E-state index is 11.3. The number of rotatable bonds is 3. The Hall–Kier alpha value is -1.07. The molecule has 0 saturated carbocycles. The monoisotopic (exact) mass is 243 g/mol. The summed E-state index contributed by atoms with van der Waals surface area (Å²) in [5.41, 5.74) is 0.290. The molecule has 1 aromatic rings. The highest BCUT2D eigenvalue weighted by Crippen LogP contribution is 2.15. The van der Waals surface area contributed by atoms with E-state index in [9.17, 15) is 9.90 Å². The molecule has 0 saturated heterocycles. The number of carbonyl (C=O) groups is 1. The molecule has 0 bridgehead atoms. The van der Waals surface area contributed by atoms with Crippen LogP contribution in [-0.2, 0) is 4.74 Å². The van der Waals surface area contributed by atoms with Crippen molar-refractivity contribution in [2.45, 2.75) is 32.5 Å². The van der Waals surface area contributed by atoms with E-state index in [1.165, 1.54) is 11.3 Å². The molecule has 0 aliphatic rings. The van der Waals surface area contributed by atoms with Gasteiger partial charge in [0.2, 0.25) is 0 Å². The summed E-state index contributed by atoms with van der Waals surface area (Å²) in [4.78, 5) is 11.3. The van der Waals surface area contributed by atoms with Crippen LogP contribution in [0.2, 0.25) is 0 Å². The molecule has 0 spiro atoms. The van der Waals surface area contributed by atoms with Crippen LogP contribution in [0.15, 0.2) is 16.8 Å². The third-order valence-electron chi connectivity index (χ3n) is 1.77. The second-order valence-corrected chi connectivity index (χ2v) is 5.24. The lowest BCUT2D eigenvalue weighted by molar-refractivity contribution is 0.0492. The maximum Gasteiger partial charge on any atom is 0.407 e. The van der Waals surface area contributed by atoms with E-state index in [2.05, 4.69) is 5.32 Å². The van der Waals surface area contributed by atoms with E-state index in [0.29, 0.717) is 0 Å². The SMILES string of the molecule is CC(C)(C)OC(=O)NCC(O)c1ccsc1. The van der Waals surface area contributed by atoms with Gasteiger partial charge in [0, 0.05) is 0 Å². The molecule has 0 fully saturated rings. The first-order chi connectivity index (χ1) is 7.38. The van der Waals surface area contributed by atoms with Crippen molar-refractivity contribution in [1.29, 1.82) is 0 Å². The predicted octanol–water partition coefficient (Wildman–Crippen LogP) is 2.31. The minimum absolute atomic E-state index is 0.158. The first-order valence-corrected chi connectivity index (χ1v) is 6.00. The molecule has 0 aliphatic carbocycles. The third kappa shape index (κ3) is 4.63. The summed E-state index contributed by atoms with van der Waals surface area (Å²) < 4.78 is 5.05. The molecule has 1 atom stereocenters. The molecule has 0 aliphatic heterocycles. The Morgan fingerprint density at radius 1 is 1.62 bits per heavy atom. The number of nitrogens with one attached hydrogen (secondary N) is 1. The zero-order valence-corrected chi connectivity index (χ0v) is 10.5. The fraction of sp³-hybridized carbons (Fsp3) is 0.545. The fourth-order valence-corrected chi connectivity index (χ4v) is 1.78. The van der Waals surface area contributed by atoms with Gasteiger partial charge in [-0.1, -0.05) is 0 Å². The van der Waals surface area contributed by atoms with Crippen LogP contribution in [0.5, 0.6) is 0 Å². The van der Waals surface area contributed by atoms with Crippen LogP contribution in [0.4, 0.5) is 4.79 Å². The van der Waals surface area contributed by atoms with E-state index >= 15 is 0 Å². The van der Waals surface area contributed by atoms with Gasteiger partial charge in [0.15, 0.2) is 0 Å². The normalized spacial score (nSPS) is 13.2. The van der Waals surface area contributed by atoms with Crippen molar-refractivity contribution in [2.24, 2.45) is 0 Å². The van der Waals surface area contributed by atoms with Gasteiger partial charge in [-0.2, -0.15) is 11.3 Å². The molecule has 0 aromatic carbocycles. The molecule has 0 radical (unpaired) electrons. The van der Waals surface area contributed by atoms with Gasteiger partial charge in [-0.15, -0.1) is 0 Å². The molecule has 90 valence electrons. The lowest BCUT2D eigenvalue weighted by atomic mass is 10.2. The van der Waals surface area contributed by atoms with Gasteiger partial charge in [-0.05, 0) is 43.2 Å². The van der Waals surface area contributed by atoms with Crippen molar-refractivity contribution >= 4 is 17.4 Å². The minimum atomic E-state index is -0.682. The van der Waals surface area contributed by atoms with Crippen LogP contribution in [-0.4, -0.2) is 23.3 Å². The topological polar surface area (TPSA) is 58.6 Å². The highest BCUT2D eigenvalue weighted by Gasteiger charge is 2.17. The minimum Gasteiger partial charge on any atom is -0.444 e. The Labute approximate surface area is 99.2 Å². The van der Waals surface area contributed by atoms with Crippen LogP contribution in [0.1, 0.15) is 32.4 Å². The van der Waals surface area contributed by atoms with Gasteiger partial charge < -0.3 is 15.2 Å². The van der Waals surface area contributed by atoms with Gasteiger partial charge in [-0.25, -0.2) is 4.79 Å². The van der Waals surface area contributed by atoms with Crippen molar-refractivity contribution in [3.05, 3.63) is 22.4 Å². The zero-order chi connectivity index (χ0) is 12.2. The van der Waals surface area contributed by atoms with E-state index in [-0.39, 0.29) is 6.54 Å². The number of carbonyl (C=O) groups excluding carboxylic acids is 1. The lowest BCUT2D eigenvalue weighted by Gasteiger charge is -2.20. The van der Waals surface area contributed by atoms with Crippen LogP contribution >= 0.6 is 11.3 Å². The van der Waals surface area contributed by atoms with E-state index in [1.54, 1.807) is 20.8 Å². The number of aliphatic hydroxyl groups is 1. The molecule has 1 heterocycles. The molecule has 4 nitrogen and oxygen atoms in total. The molecular formula is C11H17NO3S. The van der Waals surface area contributed by atoms with Crippen molar-refractivity contribution in [3.63, 3.8) is 0 Å². The number of thiophene rings is 1. The van der Waals surface area contributed by atoms with Crippen molar-refractivity contribution in [2.75, 3.05) is 6.54 Å². The molecule has 1 amide bonds. The number of hydrogen-bond acceptors (Lipinski definition) is 4. The first-order valence-electron chi connectivity index (χ1n) is 5.05. The summed E-state index contributed by atoms with van der Waals surface area (Å²) in [7, 11) is 0. The Morgan fingerprint density at radius 3 is 2.81 bits per heavy atom. The van der Waals surface area contributed by atoms with Gasteiger partial charge in [-0.3, -0.25) is 0 Å². The van der Waals surface area contributed by atoms with Crippen LogP contribution in [0.3, 0.4) is 0 Å².